The van der Waals surface area contributed by atoms with Gasteiger partial charge in [0, 0.05) is 10.3 Å². The molecule has 0 aliphatic heterocycles. The van der Waals surface area contributed by atoms with Gasteiger partial charge in [-0.2, -0.15) is 0 Å². The number of H-pyrrole nitrogens is 1. The lowest BCUT2D eigenvalue weighted by Gasteiger charge is -1.75. The van der Waals surface area contributed by atoms with Crippen LogP contribution in [0.1, 0.15) is 4.88 Å². The maximum atomic E-state index is 4.34. The molecule has 0 unspecified atom stereocenters. The number of hydrogen-bond acceptors (Lipinski definition) is 3. The number of aryl methyl sites for hydroxylation is 1. The average Bonchev–Trinajstić information content (AvgIpc) is 2.60. The second-order valence-corrected chi connectivity index (χ2v) is 6.15. The molecule has 0 amide bonds. The van der Waals surface area contributed by atoms with E-state index in [0.717, 1.165) is 4.21 Å². The van der Waals surface area contributed by atoms with Gasteiger partial charge in [-0.15, -0.1) is 35.3 Å². The lowest BCUT2D eigenvalue weighted by atomic mass is 10.4. The number of fused-ring (bicyclic) bond motifs is 3. The van der Waals surface area contributed by atoms with Crippen LogP contribution in [0.2, 0.25) is 0 Å². The van der Waals surface area contributed by atoms with Crippen molar-refractivity contribution >= 4 is 55.7 Å². The van der Waals surface area contributed by atoms with E-state index in [1.54, 1.807) is 11.3 Å². The second-order valence-electron chi connectivity index (χ2n) is 3.05. The molecule has 3 rings (SSSR count). The van der Waals surface area contributed by atoms with E-state index in [-0.39, 0.29) is 0 Å². The van der Waals surface area contributed by atoms with E-state index in [0.29, 0.717) is 0 Å². The van der Waals surface area contributed by atoms with Gasteiger partial charge in [0.2, 0.25) is 0 Å². The summed E-state index contributed by atoms with van der Waals surface area (Å²) in [5, 5.41) is 1.32. The predicted octanol–water partition coefficient (Wildman–Crippen LogP) is 4.04. The molecule has 0 bridgehead atoms. The van der Waals surface area contributed by atoms with E-state index in [4.69, 9.17) is 0 Å². The predicted molar refractivity (Wildman–Crippen MR) is 63.5 cm³/mol. The molecule has 4 heteroatoms. The summed E-state index contributed by atoms with van der Waals surface area (Å²) in [6.45, 7) is 2.14. The molecule has 0 fully saturated rings. The number of rotatable bonds is 0. The maximum Gasteiger partial charge on any atom is 0.103 e. The molecule has 0 aliphatic rings. The summed E-state index contributed by atoms with van der Waals surface area (Å²) in [6, 6.07) is 4.34. The fourth-order valence-electron chi connectivity index (χ4n) is 1.57. The van der Waals surface area contributed by atoms with Gasteiger partial charge in [-0.1, -0.05) is 0 Å². The van der Waals surface area contributed by atoms with Crippen molar-refractivity contribution in [1.82, 2.24) is 4.98 Å². The molecule has 0 spiro atoms. The Kier molecular flexibility index (Phi) is 1.54. The van der Waals surface area contributed by atoms with Crippen LogP contribution in [-0.2, 0) is 0 Å². The third-order valence-corrected chi connectivity index (χ3v) is 4.41. The van der Waals surface area contributed by atoms with Gasteiger partial charge in [-0.05, 0) is 19.1 Å². The fourth-order valence-corrected chi connectivity index (χ4v) is 3.84. The molecule has 0 atom stereocenters. The van der Waals surface area contributed by atoms with Crippen LogP contribution in [0.15, 0.2) is 16.3 Å². The highest BCUT2D eigenvalue weighted by Crippen LogP contribution is 2.37. The van der Waals surface area contributed by atoms with Crippen molar-refractivity contribution in [3.05, 3.63) is 17.0 Å². The highest BCUT2D eigenvalue weighted by Gasteiger charge is 2.09. The highest BCUT2D eigenvalue weighted by molar-refractivity contribution is 7.83. The smallest absolute Gasteiger partial charge is 0.103 e. The van der Waals surface area contributed by atoms with Crippen LogP contribution in [0.3, 0.4) is 0 Å². The van der Waals surface area contributed by atoms with Gasteiger partial charge < -0.3 is 4.98 Å². The molecule has 13 heavy (non-hydrogen) atoms. The minimum atomic E-state index is 1.08. The van der Waals surface area contributed by atoms with Crippen molar-refractivity contribution in [3.63, 3.8) is 0 Å². The van der Waals surface area contributed by atoms with Gasteiger partial charge in [-0.3, -0.25) is 0 Å². The first-order valence-electron chi connectivity index (χ1n) is 3.94. The zero-order valence-electron chi connectivity index (χ0n) is 6.92. The van der Waals surface area contributed by atoms with Crippen LogP contribution < -0.4 is 0 Å². The summed E-state index contributed by atoms with van der Waals surface area (Å²) in [5.41, 5.74) is 1.26. The van der Waals surface area contributed by atoms with Crippen LogP contribution in [0.5, 0.6) is 0 Å². The second kappa shape index (κ2) is 2.53. The molecule has 0 radical (unpaired) electrons. The van der Waals surface area contributed by atoms with E-state index >= 15 is 0 Å². The molecular weight excluding hydrogens is 218 g/mol. The van der Waals surface area contributed by atoms with Crippen LogP contribution in [0.4, 0.5) is 0 Å². The summed E-state index contributed by atoms with van der Waals surface area (Å²) in [7, 11) is 0. The summed E-state index contributed by atoms with van der Waals surface area (Å²) in [4.78, 5) is 6.00. The van der Waals surface area contributed by atoms with Crippen molar-refractivity contribution in [3.8, 4) is 0 Å². The third kappa shape index (κ3) is 1.06. The lowest BCUT2D eigenvalue weighted by Crippen LogP contribution is -1.56. The molecular formula is C9H7NS3. The molecule has 0 aromatic carbocycles. The monoisotopic (exact) mass is 225 g/mol. The number of aromatic amines is 1. The molecule has 1 N–H and O–H groups in total. The molecule has 1 nitrogen and oxygen atoms in total. The zero-order chi connectivity index (χ0) is 9.00. The molecule has 0 saturated carbocycles. The quantitative estimate of drug-likeness (QED) is 0.537. The first-order valence-corrected chi connectivity index (χ1v) is 6.03. The van der Waals surface area contributed by atoms with E-state index in [1.165, 1.54) is 25.3 Å². The van der Waals surface area contributed by atoms with Crippen LogP contribution in [0.25, 0.3) is 20.4 Å². The third-order valence-electron chi connectivity index (χ3n) is 2.07. The summed E-state index contributed by atoms with van der Waals surface area (Å²) in [6.07, 6.45) is 0. The Morgan fingerprint density at radius 3 is 3.00 bits per heavy atom. The van der Waals surface area contributed by atoms with Gasteiger partial charge in [0.25, 0.3) is 0 Å². The van der Waals surface area contributed by atoms with Crippen LogP contribution >= 0.6 is 35.3 Å². The molecule has 3 heterocycles. The number of nitrogens with one attached hydrogen (secondary N) is 1. The van der Waals surface area contributed by atoms with E-state index < -0.39 is 0 Å². The SMILES string of the molecule is Cc1cc2[nH]c3sc(S)cc3c2s1. The van der Waals surface area contributed by atoms with E-state index in [9.17, 15) is 0 Å². The highest BCUT2D eigenvalue weighted by atomic mass is 32.2. The standard InChI is InChI=1S/C9H7NS3/c1-4-2-6-8(12-4)5-3-7(11)13-9(5)10-6/h2-3,10-11H,1H3. The van der Waals surface area contributed by atoms with Crippen LogP contribution in [0, 0.1) is 6.92 Å². The molecule has 3 aromatic heterocycles. The lowest BCUT2D eigenvalue weighted by molar-refractivity contribution is 1.57. The van der Waals surface area contributed by atoms with Gasteiger partial charge in [0.1, 0.15) is 4.83 Å². The van der Waals surface area contributed by atoms with E-state index in [1.807, 2.05) is 11.3 Å². The molecule has 3 aromatic rings. The number of aromatic nitrogens is 1. The summed E-state index contributed by atoms with van der Waals surface area (Å²) >= 11 is 7.89. The van der Waals surface area contributed by atoms with Crippen molar-refractivity contribution in [1.29, 1.82) is 0 Å². The van der Waals surface area contributed by atoms with Crippen molar-refractivity contribution in [2.75, 3.05) is 0 Å². The van der Waals surface area contributed by atoms with Gasteiger partial charge in [0.15, 0.2) is 0 Å². The molecule has 66 valence electrons. The average molecular weight is 225 g/mol. The van der Waals surface area contributed by atoms with E-state index in [2.05, 4.69) is 36.7 Å². The Balaban J connectivity index is 2.56. The Bertz CT molecular complexity index is 533. The molecule has 0 saturated heterocycles. The fraction of sp³-hybridized carbons (Fsp3) is 0.111. The summed E-state index contributed by atoms with van der Waals surface area (Å²) < 4.78 is 2.44. The van der Waals surface area contributed by atoms with Crippen molar-refractivity contribution < 1.29 is 0 Å². The normalized spacial score (nSPS) is 11.8. The van der Waals surface area contributed by atoms with Crippen molar-refractivity contribution in [2.45, 2.75) is 11.1 Å². The topological polar surface area (TPSA) is 15.8 Å². The number of thiophene rings is 2. The first-order chi connectivity index (χ1) is 6.24. The number of thiol groups is 1. The zero-order valence-corrected chi connectivity index (χ0v) is 9.45. The Labute approximate surface area is 88.8 Å². The van der Waals surface area contributed by atoms with Gasteiger partial charge in [0.05, 0.1) is 14.4 Å². The number of hydrogen-bond donors (Lipinski definition) is 2. The minimum Gasteiger partial charge on any atom is -0.345 e. The van der Waals surface area contributed by atoms with Crippen LogP contribution in [-0.4, -0.2) is 4.98 Å². The van der Waals surface area contributed by atoms with Gasteiger partial charge >= 0.3 is 0 Å². The van der Waals surface area contributed by atoms with Gasteiger partial charge in [-0.25, -0.2) is 0 Å². The molecule has 0 aliphatic carbocycles. The maximum absolute atomic E-state index is 4.34. The Morgan fingerprint density at radius 1 is 1.31 bits per heavy atom. The largest absolute Gasteiger partial charge is 0.345 e. The summed E-state index contributed by atoms with van der Waals surface area (Å²) in [5.74, 6) is 0. The first kappa shape index (κ1) is 7.91. The Hall–Kier alpha value is -0.450. The van der Waals surface area contributed by atoms with Crippen molar-refractivity contribution in [2.24, 2.45) is 0 Å². The Morgan fingerprint density at radius 2 is 2.15 bits per heavy atom. The minimum absolute atomic E-state index is 1.08.